The van der Waals surface area contributed by atoms with Gasteiger partial charge in [-0.1, -0.05) is 0 Å². The van der Waals surface area contributed by atoms with E-state index in [1.165, 1.54) is 31.4 Å². The molecule has 1 aromatic carbocycles. The first-order chi connectivity index (χ1) is 9.42. The number of anilines is 1. The molecule has 2 aromatic rings. The standard InChI is InChI=1S/C12H10F2N2O3S/c1-19-8-2-4-9(5-3-8)20(17,18)16-10-6-7-11(13)15-12(10)14/h2-7,16H,1H3. The average Bonchev–Trinajstić information content (AvgIpc) is 2.42. The number of hydrogen-bond donors (Lipinski definition) is 1. The lowest BCUT2D eigenvalue weighted by Gasteiger charge is -2.09. The second kappa shape index (κ2) is 5.41. The summed E-state index contributed by atoms with van der Waals surface area (Å²) in [6.45, 7) is 0. The second-order valence-corrected chi connectivity index (χ2v) is 5.44. The van der Waals surface area contributed by atoms with Crippen molar-refractivity contribution in [2.24, 2.45) is 0 Å². The first kappa shape index (κ1) is 14.2. The van der Waals surface area contributed by atoms with E-state index in [4.69, 9.17) is 4.74 Å². The van der Waals surface area contributed by atoms with Crippen LogP contribution in [0.4, 0.5) is 14.5 Å². The lowest BCUT2D eigenvalue weighted by atomic mass is 10.3. The topological polar surface area (TPSA) is 68.3 Å². The average molecular weight is 300 g/mol. The summed E-state index contributed by atoms with van der Waals surface area (Å²) in [5, 5.41) is 0. The molecule has 1 heterocycles. The van der Waals surface area contributed by atoms with Crippen molar-refractivity contribution >= 4 is 15.7 Å². The lowest BCUT2D eigenvalue weighted by Crippen LogP contribution is -2.14. The second-order valence-electron chi connectivity index (χ2n) is 3.75. The van der Waals surface area contributed by atoms with Crippen molar-refractivity contribution in [2.45, 2.75) is 4.90 Å². The molecule has 0 radical (unpaired) electrons. The molecule has 8 heteroatoms. The van der Waals surface area contributed by atoms with E-state index in [2.05, 4.69) is 4.98 Å². The molecular formula is C12H10F2N2O3S. The van der Waals surface area contributed by atoms with E-state index >= 15 is 0 Å². The lowest BCUT2D eigenvalue weighted by molar-refractivity contribution is 0.414. The molecule has 0 saturated carbocycles. The Labute approximate surface area is 114 Å². The Morgan fingerprint density at radius 3 is 2.30 bits per heavy atom. The van der Waals surface area contributed by atoms with E-state index in [0.717, 1.165) is 12.1 Å². The van der Waals surface area contributed by atoms with Crippen LogP contribution in [0.1, 0.15) is 0 Å². The molecule has 0 saturated heterocycles. The van der Waals surface area contributed by atoms with Crippen LogP contribution in [-0.2, 0) is 10.0 Å². The summed E-state index contributed by atoms with van der Waals surface area (Å²) in [4.78, 5) is 2.82. The Morgan fingerprint density at radius 1 is 1.10 bits per heavy atom. The highest BCUT2D eigenvalue weighted by atomic mass is 32.2. The van der Waals surface area contributed by atoms with Gasteiger partial charge in [0.05, 0.1) is 12.0 Å². The molecule has 0 unspecified atom stereocenters. The van der Waals surface area contributed by atoms with Crippen molar-refractivity contribution in [2.75, 3.05) is 11.8 Å². The summed E-state index contributed by atoms with van der Waals surface area (Å²) < 4.78 is 56.9. The fourth-order valence-electron chi connectivity index (χ4n) is 1.45. The van der Waals surface area contributed by atoms with Crippen molar-refractivity contribution in [3.63, 3.8) is 0 Å². The van der Waals surface area contributed by atoms with Crippen LogP contribution in [0, 0.1) is 11.9 Å². The van der Waals surface area contributed by atoms with Crippen LogP contribution in [0.5, 0.6) is 5.75 Å². The molecule has 2 rings (SSSR count). The summed E-state index contributed by atoms with van der Waals surface area (Å²) in [5.74, 6) is -1.78. The van der Waals surface area contributed by atoms with Gasteiger partial charge >= 0.3 is 0 Å². The minimum absolute atomic E-state index is 0.0815. The van der Waals surface area contributed by atoms with Gasteiger partial charge in [-0.25, -0.2) is 8.42 Å². The fraction of sp³-hybridized carbons (Fsp3) is 0.0833. The third-order valence-electron chi connectivity index (χ3n) is 2.43. The molecule has 0 spiro atoms. The maximum Gasteiger partial charge on any atom is 0.262 e. The third kappa shape index (κ3) is 3.02. The maximum atomic E-state index is 13.3. The van der Waals surface area contributed by atoms with Gasteiger partial charge < -0.3 is 4.74 Å². The van der Waals surface area contributed by atoms with Crippen LogP contribution in [0.3, 0.4) is 0 Å². The fourth-order valence-corrected chi connectivity index (χ4v) is 2.50. The predicted octanol–water partition coefficient (Wildman–Crippen LogP) is 2.17. The maximum absolute atomic E-state index is 13.3. The normalized spacial score (nSPS) is 11.2. The molecule has 20 heavy (non-hydrogen) atoms. The van der Waals surface area contributed by atoms with E-state index in [1.807, 2.05) is 4.72 Å². The quantitative estimate of drug-likeness (QED) is 0.879. The SMILES string of the molecule is COc1ccc(S(=O)(=O)Nc2ccc(F)nc2F)cc1. The summed E-state index contributed by atoms with van der Waals surface area (Å²) in [7, 11) is -2.54. The Bertz CT molecular complexity index is 718. The number of nitrogens with zero attached hydrogens (tertiary/aromatic N) is 1. The first-order valence-electron chi connectivity index (χ1n) is 5.41. The molecule has 0 amide bonds. The molecule has 0 atom stereocenters. The van der Waals surface area contributed by atoms with Gasteiger partial charge in [-0.05, 0) is 36.4 Å². The number of methoxy groups -OCH3 is 1. The summed E-state index contributed by atoms with van der Waals surface area (Å²) >= 11 is 0. The zero-order chi connectivity index (χ0) is 14.8. The molecule has 0 fully saturated rings. The number of sulfonamides is 1. The number of benzene rings is 1. The zero-order valence-corrected chi connectivity index (χ0v) is 11.1. The third-order valence-corrected chi connectivity index (χ3v) is 3.81. The Balaban J connectivity index is 2.30. The van der Waals surface area contributed by atoms with Crippen LogP contribution in [0.2, 0.25) is 0 Å². The van der Waals surface area contributed by atoms with Gasteiger partial charge in [0, 0.05) is 0 Å². The molecule has 0 aliphatic carbocycles. The Morgan fingerprint density at radius 2 is 1.75 bits per heavy atom. The van der Waals surface area contributed by atoms with Crippen molar-refractivity contribution in [3.05, 3.63) is 48.3 Å². The zero-order valence-electron chi connectivity index (χ0n) is 10.3. The number of halogens is 2. The molecular weight excluding hydrogens is 290 g/mol. The van der Waals surface area contributed by atoms with Crippen LogP contribution in [0.15, 0.2) is 41.3 Å². The number of ether oxygens (including phenoxy) is 1. The predicted molar refractivity (Wildman–Crippen MR) is 68.0 cm³/mol. The van der Waals surface area contributed by atoms with E-state index in [-0.39, 0.29) is 4.90 Å². The summed E-state index contributed by atoms with van der Waals surface area (Å²) in [5.41, 5.74) is -0.429. The Hall–Kier alpha value is -2.22. The van der Waals surface area contributed by atoms with E-state index in [0.29, 0.717) is 5.75 Å². The largest absolute Gasteiger partial charge is 0.497 e. The van der Waals surface area contributed by atoms with Gasteiger partial charge in [0.1, 0.15) is 11.4 Å². The molecule has 5 nitrogen and oxygen atoms in total. The number of aromatic nitrogens is 1. The van der Waals surface area contributed by atoms with Gasteiger partial charge in [-0.15, -0.1) is 0 Å². The molecule has 0 bridgehead atoms. The summed E-state index contributed by atoms with van der Waals surface area (Å²) in [6.07, 6.45) is 0. The molecule has 0 aliphatic rings. The number of nitrogens with one attached hydrogen (secondary N) is 1. The van der Waals surface area contributed by atoms with Gasteiger partial charge in [-0.2, -0.15) is 13.8 Å². The van der Waals surface area contributed by atoms with Crippen LogP contribution >= 0.6 is 0 Å². The highest BCUT2D eigenvalue weighted by Gasteiger charge is 2.17. The molecule has 0 aliphatic heterocycles. The first-order valence-corrected chi connectivity index (χ1v) is 6.89. The highest BCUT2D eigenvalue weighted by molar-refractivity contribution is 7.92. The number of hydrogen-bond acceptors (Lipinski definition) is 4. The number of pyridine rings is 1. The minimum Gasteiger partial charge on any atom is -0.497 e. The highest BCUT2D eigenvalue weighted by Crippen LogP contribution is 2.20. The van der Waals surface area contributed by atoms with Gasteiger partial charge in [0.25, 0.3) is 10.0 Å². The van der Waals surface area contributed by atoms with E-state index in [1.54, 1.807) is 0 Å². The van der Waals surface area contributed by atoms with Crippen molar-refractivity contribution in [1.82, 2.24) is 4.98 Å². The van der Waals surface area contributed by atoms with Gasteiger partial charge in [0.2, 0.25) is 11.9 Å². The van der Waals surface area contributed by atoms with Gasteiger partial charge in [0.15, 0.2) is 0 Å². The number of rotatable bonds is 4. The van der Waals surface area contributed by atoms with Crippen LogP contribution in [-0.4, -0.2) is 20.5 Å². The van der Waals surface area contributed by atoms with E-state index in [9.17, 15) is 17.2 Å². The van der Waals surface area contributed by atoms with Gasteiger partial charge in [-0.3, -0.25) is 4.72 Å². The van der Waals surface area contributed by atoms with Crippen molar-refractivity contribution in [3.8, 4) is 5.75 Å². The van der Waals surface area contributed by atoms with Crippen LogP contribution < -0.4 is 9.46 Å². The van der Waals surface area contributed by atoms with Crippen molar-refractivity contribution in [1.29, 1.82) is 0 Å². The molecule has 106 valence electrons. The Kier molecular flexibility index (Phi) is 3.84. The van der Waals surface area contributed by atoms with Crippen LogP contribution in [0.25, 0.3) is 0 Å². The van der Waals surface area contributed by atoms with E-state index < -0.39 is 27.6 Å². The smallest absolute Gasteiger partial charge is 0.262 e. The minimum atomic E-state index is -3.98. The molecule has 1 aromatic heterocycles. The summed E-state index contributed by atoms with van der Waals surface area (Å²) in [6, 6.07) is 7.32. The monoisotopic (exact) mass is 300 g/mol. The van der Waals surface area contributed by atoms with Crippen molar-refractivity contribution < 1.29 is 21.9 Å². The molecule has 1 N–H and O–H groups in total.